The number of carbonyl (C=O) groups is 1. The third kappa shape index (κ3) is 5.75. The summed E-state index contributed by atoms with van der Waals surface area (Å²) in [5.41, 5.74) is 5.68. The minimum atomic E-state index is -0.167. The first kappa shape index (κ1) is 16.7. The van der Waals surface area contributed by atoms with Crippen molar-refractivity contribution in [1.29, 1.82) is 0 Å². The molecule has 0 aromatic carbocycles. The molecule has 114 valence electrons. The number of thiazole rings is 1. The third-order valence-electron chi connectivity index (χ3n) is 2.40. The standard InChI is InChI=1S/C13H24N4O2S/c1-13(2,3)17-12-16-10(14)9(20-12)11(18)15-7-5-6-8-19-4/h5-8,14H2,1-4H3,(H,15,18)(H,16,17). The van der Waals surface area contributed by atoms with Crippen LogP contribution in [0.3, 0.4) is 0 Å². The first-order valence-corrected chi connectivity index (χ1v) is 7.47. The maximum Gasteiger partial charge on any atom is 0.265 e. The van der Waals surface area contributed by atoms with Crippen molar-refractivity contribution >= 4 is 28.2 Å². The molecule has 0 aliphatic carbocycles. The highest BCUT2D eigenvalue weighted by atomic mass is 32.1. The van der Waals surface area contributed by atoms with Crippen molar-refractivity contribution in [2.24, 2.45) is 0 Å². The van der Waals surface area contributed by atoms with Gasteiger partial charge in [0.1, 0.15) is 10.7 Å². The van der Waals surface area contributed by atoms with E-state index in [-0.39, 0.29) is 17.3 Å². The zero-order chi connectivity index (χ0) is 15.2. The second-order valence-corrected chi connectivity index (χ2v) is 6.56. The van der Waals surface area contributed by atoms with E-state index in [0.717, 1.165) is 12.8 Å². The lowest BCUT2D eigenvalue weighted by Crippen LogP contribution is -2.25. The number of methoxy groups -OCH3 is 1. The van der Waals surface area contributed by atoms with Crippen LogP contribution in [-0.4, -0.2) is 36.7 Å². The summed E-state index contributed by atoms with van der Waals surface area (Å²) in [5, 5.41) is 6.72. The Hall–Kier alpha value is -1.34. The number of hydrogen-bond acceptors (Lipinski definition) is 6. The van der Waals surface area contributed by atoms with Crippen molar-refractivity contribution in [1.82, 2.24) is 10.3 Å². The normalized spacial score (nSPS) is 11.4. The molecule has 0 saturated heterocycles. The molecule has 1 rings (SSSR count). The fourth-order valence-corrected chi connectivity index (χ4v) is 2.53. The summed E-state index contributed by atoms with van der Waals surface area (Å²) in [4.78, 5) is 16.6. The van der Waals surface area contributed by atoms with Gasteiger partial charge in [0.2, 0.25) is 0 Å². The first-order chi connectivity index (χ1) is 9.33. The minimum absolute atomic E-state index is 0.113. The van der Waals surface area contributed by atoms with E-state index in [0.29, 0.717) is 23.2 Å². The van der Waals surface area contributed by atoms with Crippen LogP contribution in [0.25, 0.3) is 0 Å². The highest BCUT2D eigenvalue weighted by molar-refractivity contribution is 7.18. The number of hydrogen-bond donors (Lipinski definition) is 3. The molecule has 1 amide bonds. The molecule has 0 aliphatic rings. The summed E-state index contributed by atoms with van der Waals surface area (Å²) >= 11 is 1.28. The van der Waals surface area contributed by atoms with E-state index in [9.17, 15) is 4.79 Å². The van der Waals surface area contributed by atoms with Gasteiger partial charge in [0.25, 0.3) is 5.91 Å². The smallest absolute Gasteiger partial charge is 0.265 e. The highest BCUT2D eigenvalue weighted by Crippen LogP contribution is 2.27. The highest BCUT2D eigenvalue weighted by Gasteiger charge is 2.18. The van der Waals surface area contributed by atoms with Crippen LogP contribution >= 0.6 is 11.3 Å². The Bertz CT molecular complexity index is 440. The van der Waals surface area contributed by atoms with Crippen molar-refractivity contribution in [2.75, 3.05) is 31.3 Å². The van der Waals surface area contributed by atoms with Gasteiger partial charge < -0.3 is 21.1 Å². The largest absolute Gasteiger partial charge is 0.385 e. The molecular formula is C13H24N4O2S. The number of unbranched alkanes of at least 4 members (excludes halogenated alkanes) is 1. The molecule has 0 unspecified atom stereocenters. The maximum atomic E-state index is 12.0. The fraction of sp³-hybridized carbons (Fsp3) is 0.692. The topological polar surface area (TPSA) is 89.3 Å². The molecule has 0 fully saturated rings. The predicted molar refractivity (Wildman–Crippen MR) is 83.3 cm³/mol. The molecular weight excluding hydrogens is 276 g/mol. The van der Waals surface area contributed by atoms with E-state index in [2.05, 4.69) is 15.6 Å². The number of carbonyl (C=O) groups excluding carboxylic acids is 1. The molecule has 6 nitrogen and oxygen atoms in total. The van der Waals surface area contributed by atoms with Gasteiger partial charge >= 0.3 is 0 Å². The van der Waals surface area contributed by atoms with Gasteiger partial charge in [0.15, 0.2) is 5.13 Å². The lowest BCUT2D eigenvalue weighted by Gasteiger charge is -2.19. The van der Waals surface area contributed by atoms with Crippen LogP contribution in [0, 0.1) is 0 Å². The molecule has 0 aliphatic heterocycles. The van der Waals surface area contributed by atoms with Crippen LogP contribution in [-0.2, 0) is 4.74 Å². The Kier molecular flexibility index (Phi) is 6.22. The Morgan fingerprint density at radius 1 is 1.40 bits per heavy atom. The van der Waals surface area contributed by atoms with Crippen molar-refractivity contribution in [3.8, 4) is 0 Å². The molecule has 0 radical (unpaired) electrons. The fourth-order valence-electron chi connectivity index (χ4n) is 1.52. The zero-order valence-electron chi connectivity index (χ0n) is 12.6. The molecule has 0 spiro atoms. The third-order valence-corrected chi connectivity index (χ3v) is 3.39. The number of aromatic nitrogens is 1. The first-order valence-electron chi connectivity index (χ1n) is 6.65. The average molecular weight is 300 g/mol. The van der Waals surface area contributed by atoms with Crippen LogP contribution in [0.1, 0.15) is 43.3 Å². The summed E-state index contributed by atoms with van der Waals surface area (Å²) in [6.45, 7) is 7.40. The summed E-state index contributed by atoms with van der Waals surface area (Å²) in [5.74, 6) is 0.107. The van der Waals surface area contributed by atoms with Crippen LogP contribution in [0.4, 0.5) is 10.9 Å². The van der Waals surface area contributed by atoms with Gasteiger partial charge in [-0.1, -0.05) is 11.3 Å². The van der Waals surface area contributed by atoms with Gasteiger partial charge in [-0.25, -0.2) is 4.98 Å². The van der Waals surface area contributed by atoms with Gasteiger partial charge in [-0.2, -0.15) is 0 Å². The van der Waals surface area contributed by atoms with Crippen LogP contribution in [0.15, 0.2) is 0 Å². The second kappa shape index (κ2) is 7.44. The molecule has 20 heavy (non-hydrogen) atoms. The molecule has 7 heteroatoms. The Labute approximate surface area is 124 Å². The van der Waals surface area contributed by atoms with Gasteiger partial charge in [0, 0.05) is 25.8 Å². The molecule has 4 N–H and O–H groups in total. The second-order valence-electron chi connectivity index (χ2n) is 5.56. The van der Waals surface area contributed by atoms with Crippen molar-refractivity contribution in [2.45, 2.75) is 39.2 Å². The number of nitrogen functional groups attached to an aromatic ring is 1. The van der Waals surface area contributed by atoms with Crippen molar-refractivity contribution in [3.05, 3.63) is 4.88 Å². The van der Waals surface area contributed by atoms with E-state index in [1.165, 1.54) is 11.3 Å². The van der Waals surface area contributed by atoms with Gasteiger partial charge in [-0.05, 0) is 33.6 Å². The maximum absolute atomic E-state index is 12.0. The lowest BCUT2D eigenvalue weighted by molar-refractivity contribution is 0.0956. The minimum Gasteiger partial charge on any atom is -0.385 e. The quantitative estimate of drug-likeness (QED) is 0.671. The van der Waals surface area contributed by atoms with Gasteiger partial charge in [0.05, 0.1) is 0 Å². The number of anilines is 2. The zero-order valence-corrected chi connectivity index (χ0v) is 13.4. The molecule has 0 saturated carbocycles. The molecule has 0 atom stereocenters. The summed E-state index contributed by atoms with van der Waals surface area (Å²) in [7, 11) is 1.67. The Morgan fingerprint density at radius 3 is 2.70 bits per heavy atom. The summed E-state index contributed by atoms with van der Waals surface area (Å²) < 4.78 is 4.95. The summed E-state index contributed by atoms with van der Waals surface area (Å²) in [6, 6.07) is 0. The average Bonchev–Trinajstić information content (AvgIpc) is 2.67. The predicted octanol–water partition coefficient (Wildman–Crippen LogP) is 2.09. The number of nitrogens with zero attached hydrogens (tertiary/aromatic N) is 1. The molecule has 0 bridgehead atoms. The number of nitrogens with one attached hydrogen (secondary N) is 2. The van der Waals surface area contributed by atoms with Crippen LogP contribution < -0.4 is 16.4 Å². The van der Waals surface area contributed by atoms with Gasteiger partial charge in [-0.15, -0.1) is 0 Å². The van der Waals surface area contributed by atoms with E-state index < -0.39 is 0 Å². The van der Waals surface area contributed by atoms with E-state index in [4.69, 9.17) is 10.5 Å². The number of nitrogens with two attached hydrogens (primary N) is 1. The monoisotopic (exact) mass is 300 g/mol. The van der Waals surface area contributed by atoms with Crippen molar-refractivity contribution < 1.29 is 9.53 Å². The summed E-state index contributed by atoms with van der Waals surface area (Å²) in [6.07, 6.45) is 1.80. The van der Waals surface area contributed by atoms with E-state index in [1.807, 2.05) is 20.8 Å². The van der Waals surface area contributed by atoms with Gasteiger partial charge in [-0.3, -0.25) is 4.79 Å². The van der Waals surface area contributed by atoms with E-state index >= 15 is 0 Å². The van der Waals surface area contributed by atoms with Crippen LogP contribution in [0.5, 0.6) is 0 Å². The van der Waals surface area contributed by atoms with Crippen LogP contribution in [0.2, 0.25) is 0 Å². The lowest BCUT2D eigenvalue weighted by atomic mass is 10.1. The van der Waals surface area contributed by atoms with Crippen molar-refractivity contribution in [3.63, 3.8) is 0 Å². The van der Waals surface area contributed by atoms with E-state index in [1.54, 1.807) is 7.11 Å². The number of amides is 1. The molecule has 1 aromatic rings. The Balaban J connectivity index is 2.51. The molecule has 1 aromatic heterocycles. The number of rotatable bonds is 7. The number of ether oxygens (including phenoxy) is 1. The SMILES string of the molecule is COCCCCNC(=O)c1sc(NC(C)(C)C)nc1N. The molecule has 1 heterocycles. The Morgan fingerprint density at radius 2 is 2.10 bits per heavy atom.